The molecule has 1 atom stereocenters. The standard InChI is InChI=1S/C12H17N3O4/c1-8-4-3-5-9(15(17)18)10(8)19-7-6-12(2,14)11(13)16/h3-5H,6-7,14H2,1-2H3,(H2,13,16). The number of aryl methyl sites for hydroxylation is 1. The fourth-order valence-corrected chi connectivity index (χ4v) is 1.46. The third kappa shape index (κ3) is 3.65. The molecule has 0 saturated heterocycles. The number of nitrogens with two attached hydrogens (primary N) is 2. The first-order valence-electron chi connectivity index (χ1n) is 5.71. The third-order valence-electron chi connectivity index (χ3n) is 2.82. The molecular formula is C12H17N3O4. The maximum absolute atomic E-state index is 11.0. The molecule has 7 nitrogen and oxygen atoms in total. The van der Waals surface area contributed by atoms with Gasteiger partial charge in [0.1, 0.15) is 0 Å². The average molecular weight is 267 g/mol. The molecule has 0 aromatic heterocycles. The molecule has 0 aliphatic heterocycles. The van der Waals surface area contributed by atoms with E-state index < -0.39 is 16.4 Å². The Kier molecular flexibility index (Phi) is 4.44. The fourth-order valence-electron chi connectivity index (χ4n) is 1.46. The molecule has 104 valence electrons. The molecule has 0 heterocycles. The number of carbonyl (C=O) groups excluding carboxylic acids is 1. The van der Waals surface area contributed by atoms with Crippen LogP contribution in [0.25, 0.3) is 0 Å². The number of nitro groups is 1. The highest BCUT2D eigenvalue weighted by atomic mass is 16.6. The van der Waals surface area contributed by atoms with Crippen LogP contribution in [0.2, 0.25) is 0 Å². The van der Waals surface area contributed by atoms with Crippen molar-refractivity contribution in [1.82, 2.24) is 0 Å². The molecule has 1 aromatic rings. The lowest BCUT2D eigenvalue weighted by atomic mass is 9.99. The Bertz CT molecular complexity index is 500. The van der Waals surface area contributed by atoms with Crippen LogP contribution in [-0.2, 0) is 4.79 Å². The van der Waals surface area contributed by atoms with Crippen molar-refractivity contribution in [2.45, 2.75) is 25.8 Å². The van der Waals surface area contributed by atoms with Crippen LogP contribution in [0.3, 0.4) is 0 Å². The minimum absolute atomic E-state index is 0.0711. The van der Waals surface area contributed by atoms with Gasteiger partial charge in [0, 0.05) is 12.5 Å². The zero-order valence-electron chi connectivity index (χ0n) is 10.9. The van der Waals surface area contributed by atoms with Crippen molar-refractivity contribution in [1.29, 1.82) is 0 Å². The van der Waals surface area contributed by atoms with Crippen molar-refractivity contribution in [2.75, 3.05) is 6.61 Å². The Labute approximate surface area is 110 Å². The number of hydrogen-bond acceptors (Lipinski definition) is 5. The van der Waals surface area contributed by atoms with E-state index >= 15 is 0 Å². The molecule has 0 bridgehead atoms. The van der Waals surface area contributed by atoms with E-state index in [1.54, 1.807) is 19.1 Å². The van der Waals surface area contributed by atoms with Gasteiger partial charge in [-0.1, -0.05) is 12.1 Å². The van der Waals surface area contributed by atoms with Crippen molar-refractivity contribution in [3.8, 4) is 5.75 Å². The number of amides is 1. The van der Waals surface area contributed by atoms with E-state index in [1.165, 1.54) is 13.0 Å². The van der Waals surface area contributed by atoms with Crippen molar-refractivity contribution in [3.05, 3.63) is 33.9 Å². The molecule has 1 aromatic carbocycles. The average Bonchev–Trinajstić information content (AvgIpc) is 2.30. The first-order chi connectivity index (χ1) is 8.75. The Morgan fingerprint density at radius 1 is 1.53 bits per heavy atom. The summed E-state index contributed by atoms with van der Waals surface area (Å²) in [5, 5.41) is 10.9. The summed E-state index contributed by atoms with van der Waals surface area (Å²) in [7, 11) is 0. The lowest BCUT2D eigenvalue weighted by Gasteiger charge is -2.20. The van der Waals surface area contributed by atoms with E-state index in [-0.39, 0.29) is 24.5 Å². The number of primary amides is 1. The van der Waals surface area contributed by atoms with Crippen LogP contribution < -0.4 is 16.2 Å². The van der Waals surface area contributed by atoms with Gasteiger partial charge in [-0.05, 0) is 19.4 Å². The van der Waals surface area contributed by atoms with Crippen molar-refractivity contribution >= 4 is 11.6 Å². The summed E-state index contributed by atoms with van der Waals surface area (Å²) in [5.74, 6) is -0.455. The first-order valence-corrected chi connectivity index (χ1v) is 5.71. The molecule has 1 rings (SSSR count). The molecule has 7 heteroatoms. The zero-order chi connectivity index (χ0) is 14.6. The van der Waals surface area contributed by atoms with Crippen molar-refractivity contribution in [3.63, 3.8) is 0 Å². The second kappa shape index (κ2) is 5.66. The van der Waals surface area contributed by atoms with E-state index in [0.717, 1.165) is 0 Å². The van der Waals surface area contributed by atoms with E-state index in [0.29, 0.717) is 5.56 Å². The number of benzene rings is 1. The molecule has 1 amide bonds. The predicted molar refractivity (Wildman–Crippen MR) is 69.7 cm³/mol. The van der Waals surface area contributed by atoms with Crippen molar-refractivity contribution < 1.29 is 14.5 Å². The normalized spacial score (nSPS) is 13.6. The number of nitrogens with zero attached hydrogens (tertiary/aromatic N) is 1. The maximum atomic E-state index is 11.0. The highest BCUT2D eigenvalue weighted by Crippen LogP contribution is 2.30. The van der Waals surface area contributed by atoms with Crippen LogP contribution >= 0.6 is 0 Å². The number of nitro benzene ring substituents is 1. The summed E-state index contributed by atoms with van der Waals surface area (Å²) in [6.07, 6.45) is 0.174. The number of rotatable bonds is 6. The summed E-state index contributed by atoms with van der Waals surface area (Å²) < 4.78 is 5.39. The molecular weight excluding hydrogens is 250 g/mol. The highest BCUT2D eigenvalue weighted by molar-refractivity contribution is 5.83. The van der Waals surface area contributed by atoms with Crippen LogP contribution in [-0.4, -0.2) is 23.0 Å². The van der Waals surface area contributed by atoms with Gasteiger partial charge in [0.2, 0.25) is 5.91 Å². The van der Waals surface area contributed by atoms with Gasteiger partial charge in [0.15, 0.2) is 5.75 Å². The number of carbonyl (C=O) groups is 1. The molecule has 0 spiro atoms. The summed E-state index contributed by atoms with van der Waals surface area (Å²) >= 11 is 0. The van der Waals surface area contributed by atoms with Crippen molar-refractivity contribution in [2.24, 2.45) is 11.5 Å². The van der Waals surface area contributed by atoms with Crippen LogP contribution in [0, 0.1) is 17.0 Å². The van der Waals surface area contributed by atoms with Crippen LogP contribution in [0.15, 0.2) is 18.2 Å². The van der Waals surface area contributed by atoms with Crippen LogP contribution in [0.4, 0.5) is 5.69 Å². The summed E-state index contributed by atoms with van der Waals surface area (Å²) in [4.78, 5) is 21.4. The summed E-state index contributed by atoms with van der Waals surface area (Å²) in [6.45, 7) is 3.27. The molecule has 4 N–H and O–H groups in total. The number of para-hydroxylation sites is 1. The van der Waals surface area contributed by atoms with Gasteiger partial charge >= 0.3 is 5.69 Å². The van der Waals surface area contributed by atoms with E-state index in [4.69, 9.17) is 16.2 Å². The molecule has 0 aliphatic rings. The molecule has 1 unspecified atom stereocenters. The Hall–Kier alpha value is -2.15. The lowest BCUT2D eigenvalue weighted by molar-refractivity contribution is -0.385. The quantitative estimate of drug-likeness (QED) is 0.585. The molecule has 0 saturated carbocycles. The Morgan fingerprint density at radius 3 is 2.68 bits per heavy atom. The second-order valence-electron chi connectivity index (χ2n) is 4.56. The van der Waals surface area contributed by atoms with Gasteiger partial charge in [-0.2, -0.15) is 0 Å². The zero-order valence-corrected chi connectivity index (χ0v) is 10.9. The monoisotopic (exact) mass is 267 g/mol. The minimum Gasteiger partial charge on any atom is -0.487 e. The summed E-state index contributed by atoms with van der Waals surface area (Å²) in [6, 6.07) is 4.65. The topological polar surface area (TPSA) is 121 Å². The van der Waals surface area contributed by atoms with Crippen LogP contribution in [0.5, 0.6) is 5.75 Å². The molecule has 0 fully saturated rings. The van der Waals surface area contributed by atoms with Gasteiger partial charge in [0.05, 0.1) is 17.1 Å². The smallest absolute Gasteiger partial charge is 0.311 e. The van der Waals surface area contributed by atoms with Gasteiger partial charge in [0.25, 0.3) is 0 Å². The first kappa shape index (κ1) is 14.9. The highest BCUT2D eigenvalue weighted by Gasteiger charge is 2.26. The number of hydrogen-bond donors (Lipinski definition) is 2. The van der Waals surface area contributed by atoms with Gasteiger partial charge in [-0.3, -0.25) is 14.9 Å². The van der Waals surface area contributed by atoms with Crippen LogP contribution in [0.1, 0.15) is 18.9 Å². The van der Waals surface area contributed by atoms with E-state index in [1.807, 2.05) is 0 Å². The van der Waals surface area contributed by atoms with Gasteiger partial charge < -0.3 is 16.2 Å². The predicted octanol–water partition coefficient (Wildman–Crippen LogP) is 0.875. The summed E-state index contributed by atoms with van der Waals surface area (Å²) in [5.41, 5.74) is 10.1. The number of ether oxygens (including phenoxy) is 1. The molecule has 0 aliphatic carbocycles. The third-order valence-corrected chi connectivity index (χ3v) is 2.82. The lowest BCUT2D eigenvalue weighted by Crippen LogP contribution is -2.50. The Balaban J connectivity index is 2.79. The molecule has 19 heavy (non-hydrogen) atoms. The van der Waals surface area contributed by atoms with E-state index in [9.17, 15) is 14.9 Å². The van der Waals surface area contributed by atoms with E-state index in [2.05, 4.69) is 0 Å². The minimum atomic E-state index is -1.20. The largest absolute Gasteiger partial charge is 0.487 e. The maximum Gasteiger partial charge on any atom is 0.311 e. The Morgan fingerprint density at radius 2 is 2.16 bits per heavy atom. The fraction of sp³-hybridized carbons (Fsp3) is 0.417. The SMILES string of the molecule is Cc1cccc([N+](=O)[O-])c1OCCC(C)(N)C(N)=O. The van der Waals surface area contributed by atoms with Gasteiger partial charge in [-0.15, -0.1) is 0 Å². The van der Waals surface area contributed by atoms with Gasteiger partial charge in [-0.25, -0.2) is 0 Å². The second-order valence-corrected chi connectivity index (χ2v) is 4.56. The molecule has 0 radical (unpaired) electrons.